The predicted octanol–water partition coefficient (Wildman–Crippen LogP) is 1.07. The van der Waals surface area contributed by atoms with Crippen molar-refractivity contribution in [2.24, 2.45) is 5.10 Å². The fourth-order valence-corrected chi connectivity index (χ4v) is 1.85. The molecule has 0 radical (unpaired) electrons. The lowest BCUT2D eigenvalue weighted by Crippen LogP contribution is -2.25. The first-order valence-electron chi connectivity index (χ1n) is 6.40. The van der Waals surface area contributed by atoms with E-state index in [1.54, 1.807) is 18.3 Å². The van der Waals surface area contributed by atoms with Crippen molar-refractivity contribution in [1.82, 2.24) is 10.4 Å². The first-order chi connectivity index (χ1) is 10.5. The minimum atomic E-state index is -1.24. The Balaban J connectivity index is 1.93. The molecule has 6 nitrogen and oxygen atoms in total. The molecule has 0 aliphatic rings. The predicted molar refractivity (Wildman–Crippen MR) is 86.7 cm³/mol. The topological polar surface area (TPSA) is 89.4 Å². The number of carbonyl (C=O) groups excluding carboxylic acids is 1. The number of hydrogen-bond acceptors (Lipinski definition) is 5. The molecule has 1 heterocycles. The number of aromatic carboxylic acids is 1. The molecule has 0 bridgehead atoms. The van der Waals surface area contributed by atoms with Crippen LogP contribution in [0, 0.1) is 6.92 Å². The molecule has 2 aromatic rings. The summed E-state index contributed by atoms with van der Waals surface area (Å²) in [4.78, 5) is 15.0. The zero-order chi connectivity index (χ0) is 15.9. The summed E-state index contributed by atoms with van der Waals surface area (Å²) in [6, 6.07) is 11.7. The Morgan fingerprint density at radius 2 is 2.09 bits per heavy atom. The highest BCUT2D eigenvalue weighted by molar-refractivity contribution is 7.80. The number of thiocarbonyl (C=S) groups is 1. The lowest BCUT2D eigenvalue weighted by atomic mass is 10.2. The molecule has 0 unspecified atom stereocenters. The molecule has 0 amide bonds. The number of aromatic nitrogens is 1. The van der Waals surface area contributed by atoms with E-state index in [4.69, 9.17) is 12.2 Å². The number of aryl methyl sites for hydroxylation is 1. The largest absolute Gasteiger partial charge is 0.545 e. The monoisotopic (exact) mass is 313 g/mol. The lowest BCUT2D eigenvalue weighted by Gasteiger charge is -2.09. The van der Waals surface area contributed by atoms with Gasteiger partial charge in [0.1, 0.15) is 0 Å². The van der Waals surface area contributed by atoms with Crippen LogP contribution >= 0.6 is 12.2 Å². The van der Waals surface area contributed by atoms with Gasteiger partial charge in [0.05, 0.1) is 17.9 Å². The van der Waals surface area contributed by atoms with E-state index in [-0.39, 0.29) is 10.7 Å². The van der Waals surface area contributed by atoms with Crippen molar-refractivity contribution in [3.63, 3.8) is 0 Å². The summed E-state index contributed by atoms with van der Waals surface area (Å²) in [5.41, 5.74) is 4.83. The molecule has 112 valence electrons. The van der Waals surface area contributed by atoms with Gasteiger partial charge in [0.15, 0.2) is 5.11 Å². The minimum Gasteiger partial charge on any atom is -0.545 e. The van der Waals surface area contributed by atoms with Gasteiger partial charge in [-0.05, 0) is 49.0 Å². The molecule has 1 aromatic heterocycles. The summed E-state index contributed by atoms with van der Waals surface area (Å²) in [5, 5.41) is 17.8. The zero-order valence-electron chi connectivity index (χ0n) is 11.7. The van der Waals surface area contributed by atoms with Crippen LogP contribution in [0.4, 0.5) is 5.69 Å². The number of nitrogens with one attached hydrogen (secondary N) is 2. The average molecular weight is 313 g/mol. The van der Waals surface area contributed by atoms with E-state index in [0.29, 0.717) is 11.4 Å². The number of carbonyl (C=O) groups is 1. The maximum absolute atomic E-state index is 10.8. The molecule has 0 fully saturated rings. The van der Waals surface area contributed by atoms with Crippen molar-refractivity contribution >= 4 is 35.2 Å². The third-order valence-corrected chi connectivity index (χ3v) is 2.82. The molecule has 0 saturated heterocycles. The van der Waals surface area contributed by atoms with E-state index >= 15 is 0 Å². The molecule has 0 spiro atoms. The van der Waals surface area contributed by atoms with Gasteiger partial charge < -0.3 is 15.2 Å². The molecule has 0 aliphatic carbocycles. The first kappa shape index (κ1) is 15.6. The molecule has 0 aliphatic heterocycles. The smallest absolute Gasteiger partial charge is 0.191 e. The van der Waals surface area contributed by atoms with Crippen molar-refractivity contribution in [1.29, 1.82) is 0 Å². The molecule has 7 heteroatoms. The van der Waals surface area contributed by atoms with Crippen LogP contribution in [-0.2, 0) is 0 Å². The van der Waals surface area contributed by atoms with Gasteiger partial charge in [0, 0.05) is 11.4 Å². The Bertz CT molecular complexity index is 731. The second kappa shape index (κ2) is 7.28. The van der Waals surface area contributed by atoms with E-state index < -0.39 is 5.97 Å². The van der Waals surface area contributed by atoms with Gasteiger partial charge in [-0.1, -0.05) is 18.2 Å². The quantitative estimate of drug-likeness (QED) is 0.499. The van der Waals surface area contributed by atoms with Gasteiger partial charge in [-0.3, -0.25) is 10.4 Å². The van der Waals surface area contributed by atoms with Crippen LogP contribution in [0.1, 0.15) is 21.7 Å². The maximum Gasteiger partial charge on any atom is 0.191 e. The SMILES string of the molecule is Cc1cccc(/C=N\NC(=S)Nc2cccc(C(=O)[O-])c2)n1. The molecule has 2 rings (SSSR count). The van der Waals surface area contributed by atoms with Crippen LogP contribution in [0.15, 0.2) is 47.6 Å². The Labute approximate surface area is 132 Å². The molecular formula is C15H13N4O2S-. The number of carboxylic acid groups (broad SMARTS) is 1. The van der Waals surface area contributed by atoms with Gasteiger partial charge >= 0.3 is 0 Å². The summed E-state index contributed by atoms with van der Waals surface area (Å²) in [7, 11) is 0. The Hall–Kier alpha value is -2.80. The van der Waals surface area contributed by atoms with Crippen molar-refractivity contribution in [2.75, 3.05) is 5.32 Å². The van der Waals surface area contributed by atoms with Crippen LogP contribution in [0.5, 0.6) is 0 Å². The normalized spacial score (nSPS) is 10.4. The van der Waals surface area contributed by atoms with Crippen LogP contribution in [-0.4, -0.2) is 22.3 Å². The number of pyridine rings is 1. The summed E-state index contributed by atoms with van der Waals surface area (Å²) in [5.74, 6) is -1.24. The average Bonchev–Trinajstić information content (AvgIpc) is 2.47. The second-order valence-corrected chi connectivity index (χ2v) is 4.80. The highest BCUT2D eigenvalue weighted by atomic mass is 32.1. The van der Waals surface area contributed by atoms with Gasteiger partial charge in [0.25, 0.3) is 0 Å². The first-order valence-corrected chi connectivity index (χ1v) is 6.80. The van der Waals surface area contributed by atoms with E-state index in [9.17, 15) is 9.90 Å². The molecule has 2 N–H and O–H groups in total. The van der Waals surface area contributed by atoms with Gasteiger partial charge in [0.2, 0.25) is 0 Å². The van der Waals surface area contributed by atoms with Crippen molar-refractivity contribution in [3.8, 4) is 0 Å². The number of anilines is 1. The fourth-order valence-electron chi connectivity index (χ4n) is 1.68. The van der Waals surface area contributed by atoms with Gasteiger partial charge in [-0.2, -0.15) is 5.10 Å². The lowest BCUT2D eigenvalue weighted by molar-refractivity contribution is -0.255. The Morgan fingerprint density at radius 1 is 1.32 bits per heavy atom. The number of hydrogen-bond donors (Lipinski definition) is 2. The maximum atomic E-state index is 10.8. The number of nitrogens with zero attached hydrogens (tertiary/aromatic N) is 2. The van der Waals surface area contributed by atoms with Crippen LogP contribution in [0.2, 0.25) is 0 Å². The van der Waals surface area contributed by atoms with Crippen molar-refractivity contribution < 1.29 is 9.90 Å². The van der Waals surface area contributed by atoms with E-state index in [1.165, 1.54) is 12.1 Å². The standard InChI is InChI=1S/C15H14N4O2S/c1-10-4-2-7-13(17-10)9-16-19-15(22)18-12-6-3-5-11(8-12)14(20)21/h2-9H,1H3,(H,20,21)(H2,18,19,22)/p-1/b16-9-. The summed E-state index contributed by atoms with van der Waals surface area (Å²) < 4.78 is 0. The van der Waals surface area contributed by atoms with E-state index in [2.05, 4.69) is 20.8 Å². The highest BCUT2D eigenvalue weighted by Crippen LogP contribution is 2.09. The second-order valence-electron chi connectivity index (χ2n) is 4.40. The summed E-state index contributed by atoms with van der Waals surface area (Å²) in [6.45, 7) is 1.89. The third-order valence-electron chi connectivity index (χ3n) is 2.63. The molecule has 1 aromatic carbocycles. The highest BCUT2D eigenvalue weighted by Gasteiger charge is 1.99. The van der Waals surface area contributed by atoms with E-state index in [0.717, 1.165) is 5.69 Å². The van der Waals surface area contributed by atoms with Gasteiger partial charge in [-0.15, -0.1) is 0 Å². The van der Waals surface area contributed by atoms with Crippen LogP contribution in [0.3, 0.4) is 0 Å². The summed E-state index contributed by atoms with van der Waals surface area (Å²) in [6.07, 6.45) is 1.54. The van der Waals surface area contributed by atoms with Crippen LogP contribution in [0.25, 0.3) is 0 Å². The molecular weight excluding hydrogens is 300 g/mol. The fraction of sp³-hybridized carbons (Fsp3) is 0.0667. The van der Waals surface area contributed by atoms with Crippen LogP contribution < -0.4 is 15.8 Å². The van der Waals surface area contributed by atoms with E-state index in [1.807, 2.05) is 25.1 Å². The minimum absolute atomic E-state index is 0.0697. The number of benzene rings is 1. The molecule has 0 atom stereocenters. The number of hydrazone groups is 1. The third kappa shape index (κ3) is 4.64. The number of rotatable bonds is 4. The van der Waals surface area contributed by atoms with Crippen molar-refractivity contribution in [2.45, 2.75) is 6.92 Å². The Kier molecular flexibility index (Phi) is 5.16. The Morgan fingerprint density at radius 3 is 2.82 bits per heavy atom. The molecule has 22 heavy (non-hydrogen) atoms. The molecule has 0 saturated carbocycles. The summed E-state index contributed by atoms with van der Waals surface area (Å²) >= 11 is 5.07. The zero-order valence-corrected chi connectivity index (χ0v) is 12.6. The van der Waals surface area contributed by atoms with Crippen molar-refractivity contribution in [3.05, 3.63) is 59.4 Å². The van der Waals surface area contributed by atoms with Gasteiger partial charge in [-0.25, -0.2) is 0 Å². The number of carboxylic acids is 1.